The predicted octanol–water partition coefficient (Wildman–Crippen LogP) is 3.83. The number of carbonyl (C=O) groups is 1. The van der Waals surface area contributed by atoms with Gasteiger partial charge in [-0.15, -0.1) is 0 Å². The maximum Gasteiger partial charge on any atom is 0.220 e. The first-order valence-corrected chi connectivity index (χ1v) is 7.23. The number of halogens is 1. The van der Waals surface area contributed by atoms with Gasteiger partial charge in [0.2, 0.25) is 5.91 Å². The number of hydrogen-bond donors (Lipinski definition) is 1. The molecule has 2 aromatic carbocycles. The minimum Gasteiger partial charge on any atom is -0.353 e. The van der Waals surface area contributed by atoms with E-state index >= 15 is 0 Å². The Kier molecular flexibility index (Phi) is 3.75. The lowest BCUT2D eigenvalue weighted by Crippen LogP contribution is -2.27. The van der Waals surface area contributed by atoms with Gasteiger partial charge in [0.15, 0.2) is 0 Å². The second-order valence-corrected chi connectivity index (χ2v) is 5.65. The van der Waals surface area contributed by atoms with Crippen LogP contribution in [0.25, 0.3) is 11.1 Å². The third kappa shape index (κ3) is 3.02. The van der Waals surface area contributed by atoms with Crippen LogP contribution in [0.15, 0.2) is 48.5 Å². The second kappa shape index (κ2) is 5.68. The molecule has 0 bridgehead atoms. The largest absolute Gasteiger partial charge is 0.353 e. The first-order valence-electron chi connectivity index (χ1n) is 6.85. The molecule has 1 N–H and O–H groups in total. The zero-order valence-corrected chi connectivity index (χ0v) is 11.9. The van der Waals surface area contributed by atoms with Crippen LogP contribution in [0.4, 0.5) is 0 Å². The van der Waals surface area contributed by atoms with Gasteiger partial charge in [-0.1, -0.05) is 48.0 Å². The standard InChI is InChI=1S/C17H16ClNO/c18-15-3-1-2-14(11-15)13-6-4-12(5-7-13)10-16-8-9-17(20)19-16/h1-7,11,16H,8-10H2,(H,19,20). The lowest BCUT2D eigenvalue weighted by atomic mass is 10.0. The lowest BCUT2D eigenvalue weighted by molar-refractivity contribution is -0.119. The van der Waals surface area contributed by atoms with Gasteiger partial charge >= 0.3 is 0 Å². The van der Waals surface area contributed by atoms with Gasteiger partial charge in [0.1, 0.15) is 0 Å². The van der Waals surface area contributed by atoms with Crippen LogP contribution in [-0.4, -0.2) is 11.9 Å². The molecule has 1 amide bonds. The van der Waals surface area contributed by atoms with Gasteiger partial charge in [0, 0.05) is 17.5 Å². The maximum atomic E-state index is 11.2. The molecule has 1 heterocycles. The zero-order valence-electron chi connectivity index (χ0n) is 11.1. The van der Waals surface area contributed by atoms with E-state index in [9.17, 15) is 4.79 Å². The van der Waals surface area contributed by atoms with Gasteiger partial charge in [-0.05, 0) is 41.7 Å². The normalized spacial score (nSPS) is 18.1. The molecule has 0 aliphatic carbocycles. The van der Waals surface area contributed by atoms with Gasteiger partial charge < -0.3 is 5.32 Å². The van der Waals surface area contributed by atoms with Gasteiger partial charge in [-0.2, -0.15) is 0 Å². The van der Waals surface area contributed by atoms with Gasteiger partial charge in [-0.25, -0.2) is 0 Å². The summed E-state index contributed by atoms with van der Waals surface area (Å²) in [5, 5.41) is 3.75. The highest BCUT2D eigenvalue weighted by molar-refractivity contribution is 6.30. The van der Waals surface area contributed by atoms with E-state index in [1.54, 1.807) is 0 Å². The molecule has 102 valence electrons. The van der Waals surface area contributed by atoms with Crippen LogP contribution in [0.5, 0.6) is 0 Å². The molecule has 1 atom stereocenters. The third-order valence-electron chi connectivity index (χ3n) is 3.68. The molecule has 2 aromatic rings. The smallest absolute Gasteiger partial charge is 0.220 e. The molecule has 0 aromatic heterocycles. The number of carbonyl (C=O) groups excluding carboxylic acids is 1. The van der Waals surface area contributed by atoms with Crippen molar-refractivity contribution in [2.45, 2.75) is 25.3 Å². The van der Waals surface area contributed by atoms with Gasteiger partial charge in [-0.3, -0.25) is 4.79 Å². The molecule has 2 nitrogen and oxygen atoms in total. The number of nitrogens with one attached hydrogen (secondary N) is 1. The molecule has 1 unspecified atom stereocenters. The minimum atomic E-state index is 0.172. The summed E-state index contributed by atoms with van der Waals surface area (Å²) >= 11 is 6.01. The fourth-order valence-electron chi connectivity index (χ4n) is 2.62. The molecule has 3 heteroatoms. The first kappa shape index (κ1) is 13.2. The molecular formula is C17H16ClNO. The Bertz CT molecular complexity index is 621. The van der Waals surface area contributed by atoms with E-state index in [1.165, 1.54) is 5.56 Å². The van der Waals surface area contributed by atoms with Gasteiger partial charge in [0.25, 0.3) is 0 Å². The van der Waals surface area contributed by atoms with Crippen molar-refractivity contribution in [1.82, 2.24) is 5.32 Å². The lowest BCUT2D eigenvalue weighted by Gasteiger charge is -2.10. The maximum absolute atomic E-state index is 11.2. The van der Waals surface area contributed by atoms with Crippen LogP contribution in [0.1, 0.15) is 18.4 Å². The molecule has 0 radical (unpaired) electrons. The Morgan fingerprint density at radius 3 is 2.55 bits per heavy atom. The SMILES string of the molecule is O=C1CCC(Cc2ccc(-c3cccc(Cl)c3)cc2)N1. The van der Waals surface area contributed by atoms with Crippen molar-refractivity contribution in [3.05, 3.63) is 59.1 Å². The van der Waals surface area contributed by atoms with Crippen molar-refractivity contribution in [2.75, 3.05) is 0 Å². The van der Waals surface area contributed by atoms with E-state index < -0.39 is 0 Å². The fraction of sp³-hybridized carbons (Fsp3) is 0.235. The molecule has 1 saturated heterocycles. The van der Waals surface area contributed by atoms with E-state index in [2.05, 4.69) is 35.6 Å². The van der Waals surface area contributed by atoms with E-state index in [0.717, 1.165) is 29.0 Å². The Morgan fingerprint density at radius 1 is 1.10 bits per heavy atom. The van der Waals surface area contributed by atoms with Crippen molar-refractivity contribution in [3.63, 3.8) is 0 Å². The number of amides is 1. The quantitative estimate of drug-likeness (QED) is 0.912. The highest BCUT2D eigenvalue weighted by Gasteiger charge is 2.20. The Balaban J connectivity index is 1.73. The Labute approximate surface area is 123 Å². The summed E-state index contributed by atoms with van der Waals surface area (Å²) in [6.07, 6.45) is 2.50. The van der Waals surface area contributed by atoms with Crippen LogP contribution in [0.3, 0.4) is 0 Å². The molecule has 3 rings (SSSR count). The molecule has 0 saturated carbocycles. The van der Waals surface area contributed by atoms with Crippen molar-refractivity contribution >= 4 is 17.5 Å². The summed E-state index contributed by atoms with van der Waals surface area (Å²) in [7, 11) is 0. The van der Waals surface area contributed by atoms with Crippen molar-refractivity contribution < 1.29 is 4.79 Å². The van der Waals surface area contributed by atoms with E-state index in [4.69, 9.17) is 11.6 Å². The molecule has 0 spiro atoms. The molecule has 1 aliphatic heterocycles. The predicted molar refractivity (Wildman–Crippen MR) is 81.8 cm³/mol. The van der Waals surface area contributed by atoms with Crippen LogP contribution in [0.2, 0.25) is 5.02 Å². The first-order chi connectivity index (χ1) is 9.70. The summed E-state index contributed by atoms with van der Waals surface area (Å²) in [5.41, 5.74) is 3.54. The molecular weight excluding hydrogens is 270 g/mol. The van der Waals surface area contributed by atoms with Gasteiger partial charge in [0.05, 0.1) is 0 Å². The number of benzene rings is 2. The zero-order chi connectivity index (χ0) is 13.9. The Hall–Kier alpha value is -1.80. The van der Waals surface area contributed by atoms with E-state index in [-0.39, 0.29) is 5.91 Å². The van der Waals surface area contributed by atoms with Crippen molar-refractivity contribution in [3.8, 4) is 11.1 Å². The number of hydrogen-bond acceptors (Lipinski definition) is 1. The Morgan fingerprint density at radius 2 is 1.90 bits per heavy atom. The van der Waals surface area contributed by atoms with Crippen LogP contribution >= 0.6 is 11.6 Å². The van der Waals surface area contributed by atoms with Crippen molar-refractivity contribution in [1.29, 1.82) is 0 Å². The van der Waals surface area contributed by atoms with E-state index in [0.29, 0.717) is 12.5 Å². The molecule has 20 heavy (non-hydrogen) atoms. The summed E-state index contributed by atoms with van der Waals surface area (Å²) in [4.78, 5) is 11.2. The monoisotopic (exact) mass is 285 g/mol. The fourth-order valence-corrected chi connectivity index (χ4v) is 2.81. The topological polar surface area (TPSA) is 29.1 Å². The second-order valence-electron chi connectivity index (χ2n) is 5.21. The summed E-state index contributed by atoms with van der Waals surface area (Å²) in [6, 6.07) is 16.6. The highest BCUT2D eigenvalue weighted by atomic mass is 35.5. The summed E-state index contributed by atoms with van der Waals surface area (Å²) in [6.45, 7) is 0. The number of rotatable bonds is 3. The average Bonchev–Trinajstić information content (AvgIpc) is 2.85. The molecule has 1 aliphatic rings. The highest BCUT2D eigenvalue weighted by Crippen LogP contribution is 2.23. The third-order valence-corrected chi connectivity index (χ3v) is 3.91. The minimum absolute atomic E-state index is 0.172. The van der Waals surface area contributed by atoms with Crippen LogP contribution < -0.4 is 5.32 Å². The van der Waals surface area contributed by atoms with Crippen molar-refractivity contribution in [2.24, 2.45) is 0 Å². The summed E-state index contributed by atoms with van der Waals surface area (Å²) < 4.78 is 0. The summed E-state index contributed by atoms with van der Waals surface area (Å²) in [5.74, 6) is 0.172. The van der Waals surface area contributed by atoms with E-state index in [1.807, 2.05) is 18.2 Å². The van der Waals surface area contributed by atoms with Crippen LogP contribution in [-0.2, 0) is 11.2 Å². The van der Waals surface area contributed by atoms with Crippen LogP contribution in [0, 0.1) is 0 Å². The molecule has 1 fully saturated rings. The average molecular weight is 286 g/mol.